The zero-order valence-corrected chi connectivity index (χ0v) is 12.4. The van der Waals surface area contributed by atoms with E-state index in [2.05, 4.69) is 11.9 Å². The molecule has 1 saturated heterocycles. The number of aryl methyl sites for hydroxylation is 1. The van der Waals surface area contributed by atoms with Crippen LogP contribution in [0.1, 0.15) is 19.8 Å². The van der Waals surface area contributed by atoms with Crippen molar-refractivity contribution in [3.8, 4) is 0 Å². The van der Waals surface area contributed by atoms with Crippen LogP contribution < -0.4 is 5.73 Å². The minimum absolute atomic E-state index is 0.219. The van der Waals surface area contributed by atoms with Crippen LogP contribution in [0.2, 0.25) is 0 Å². The van der Waals surface area contributed by atoms with E-state index in [1.807, 2.05) is 40.1 Å². The Kier molecular flexibility index (Phi) is 3.92. The maximum Gasteiger partial charge on any atom is 0.224 e. The largest absolute Gasteiger partial charge is 0.340 e. The van der Waals surface area contributed by atoms with Gasteiger partial charge in [0.25, 0.3) is 0 Å². The SMILES string of the molecule is CC1CC(CN)CN1C(=O)CCn1cnc2ccccc21. The molecule has 2 heterocycles. The first-order valence-electron chi connectivity index (χ1n) is 7.58. The molecule has 1 aromatic carbocycles. The first-order chi connectivity index (χ1) is 10.2. The summed E-state index contributed by atoms with van der Waals surface area (Å²) in [4.78, 5) is 18.7. The average Bonchev–Trinajstić information content (AvgIpc) is 3.08. The Morgan fingerprint density at radius 1 is 1.43 bits per heavy atom. The smallest absolute Gasteiger partial charge is 0.224 e. The van der Waals surface area contributed by atoms with Crippen LogP contribution in [0.4, 0.5) is 0 Å². The molecule has 0 bridgehead atoms. The topological polar surface area (TPSA) is 64.2 Å². The van der Waals surface area contributed by atoms with Gasteiger partial charge in [0.15, 0.2) is 0 Å². The summed E-state index contributed by atoms with van der Waals surface area (Å²) in [7, 11) is 0. The Balaban J connectivity index is 1.64. The van der Waals surface area contributed by atoms with Gasteiger partial charge in [-0.2, -0.15) is 0 Å². The second-order valence-corrected chi connectivity index (χ2v) is 5.91. The second-order valence-electron chi connectivity index (χ2n) is 5.91. The van der Waals surface area contributed by atoms with E-state index in [0.717, 1.165) is 24.0 Å². The lowest BCUT2D eigenvalue weighted by Gasteiger charge is -2.21. The zero-order chi connectivity index (χ0) is 14.8. The molecule has 0 spiro atoms. The summed E-state index contributed by atoms with van der Waals surface area (Å²) in [5, 5.41) is 0. The number of para-hydroxylation sites is 2. The highest BCUT2D eigenvalue weighted by Crippen LogP contribution is 2.23. The van der Waals surface area contributed by atoms with Gasteiger partial charge in [0, 0.05) is 25.6 Å². The van der Waals surface area contributed by atoms with Crippen LogP contribution in [0.15, 0.2) is 30.6 Å². The minimum atomic E-state index is 0.219. The number of nitrogens with two attached hydrogens (primary N) is 1. The summed E-state index contributed by atoms with van der Waals surface area (Å²) in [5.41, 5.74) is 7.78. The number of nitrogens with zero attached hydrogens (tertiary/aromatic N) is 3. The lowest BCUT2D eigenvalue weighted by atomic mass is 10.1. The Bertz CT molecular complexity index is 636. The first kappa shape index (κ1) is 14.1. The van der Waals surface area contributed by atoms with E-state index in [-0.39, 0.29) is 5.91 Å². The number of aromatic nitrogens is 2. The molecule has 0 radical (unpaired) electrons. The molecule has 1 aromatic heterocycles. The van der Waals surface area contributed by atoms with Crippen molar-refractivity contribution in [2.75, 3.05) is 13.1 Å². The highest BCUT2D eigenvalue weighted by Gasteiger charge is 2.31. The lowest BCUT2D eigenvalue weighted by molar-refractivity contribution is -0.132. The number of likely N-dealkylation sites (tertiary alicyclic amines) is 1. The summed E-state index contributed by atoms with van der Waals surface area (Å²) < 4.78 is 2.05. The van der Waals surface area contributed by atoms with Crippen molar-refractivity contribution in [3.63, 3.8) is 0 Å². The van der Waals surface area contributed by atoms with Gasteiger partial charge in [0.2, 0.25) is 5.91 Å². The van der Waals surface area contributed by atoms with E-state index in [1.165, 1.54) is 0 Å². The van der Waals surface area contributed by atoms with Crippen LogP contribution in [0.25, 0.3) is 11.0 Å². The Labute approximate surface area is 124 Å². The number of imidazole rings is 1. The summed E-state index contributed by atoms with van der Waals surface area (Å²) in [6.45, 7) is 4.26. The Morgan fingerprint density at radius 3 is 3.00 bits per heavy atom. The van der Waals surface area contributed by atoms with Gasteiger partial charge in [0.05, 0.1) is 17.4 Å². The monoisotopic (exact) mass is 286 g/mol. The number of rotatable bonds is 4. The van der Waals surface area contributed by atoms with Crippen molar-refractivity contribution in [3.05, 3.63) is 30.6 Å². The number of amides is 1. The van der Waals surface area contributed by atoms with Crippen LogP contribution in [-0.4, -0.2) is 39.5 Å². The average molecular weight is 286 g/mol. The molecule has 3 rings (SSSR count). The van der Waals surface area contributed by atoms with Gasteiger partial charge in [-0.05, 0) is 37.9 Å². The van der Waals surface area contributed by atoms with E-state index >= 15 is 0 Å². The van der Waals surface area contributed by atoms with E-state index in [1.54, 1.807) is 0 Å². The normalized spacial score (nSPS) is 22.1. The molecule has 0 aliphatic carbocycles. The fourth-order valence-electron chi connectivity index (χ4n) is 3.21. The molecule has 21 heavy (non-hydrogen) atoms. The van der Waals surface area contributed by atoms with Crippen molar-refractivity contribution in [2.24, 2.45) is 11.7 Å². The first-order valence-corrected chi connectivity index (χ1v) is 7.58. The summed E-state index contributed by atoms with van der Waals surface area (Å²) >= 11 is 0. The van der Waals surface area contributed by atoms with Gasteiger partial charge < -0.3 is 15.2 Å². The number of hydrogen-bond acceptors (Lipinski definition) is 3. The summed E-state index contributed by atoms with van der Waals surface area (Å²) in [6, 6.07) is 8.31. The van der Waals surface area contributed by atoms with Crippen LogP contribution >= 0.6 is 0 Å². The number of carbonyl (C=O) groups excluding carboxylic acids is 1. The quantitative estimate of drug-likeness (QED) is 0.929. The third kappa shape index (κ3) is 2.78. The predicted molar refractivity (Wildman–Crippen MR) is 82.7 cm³/mol. The summed E-state index contributed by atoms with van der Waals surface area (Å²) in [5.74, 6) is 0.675. The summed E-state index contributed by atoms with van der Waals surface area (Å²) in [6.07, 6.45) is 3.35. The predicted octanol–water partition coefficient (Wildman–Crippen LogP) is 1.62. The zero-order valence-electron chi connectivity index (χ0n) is 12.4. The maximum atomic E-state index is 12.4. The third-order valence-electron chi connectivity index (χ3n) is 4.41. The van der Waals surface area contributed by atoms with Gasteiger partial charge >= 0.3 is 0 Å². The molecule has 2 N–H and O–H groups in total. The van der Waals surface area contributed by atoms with E-state index in [4.69, 9.17) is 5.73 Å². The molecule has 2 aromatic rings. The second kappa shape index (κ2) is 5.85. The van der Waals surface area contributed by atoms with Crippen molar-refractivity contribution in [1.82, 2.24) is 14.5 Å². The molecule has 1 fully saturated rings. The van der Waals surface area contributed by atoms with Gasteiger partial charge in [-0.25, -0.2) is 4.98 Å². The molecule has 0 saturated carbocycles. The molecule has 2 atom stereocenters. The highest BCUT2D eigenvalue weighted by atomic mass is 16.2. The third-order valence-corrected chi connectivity index (χ3v) is 4.41. The van der Waals surface area contributed by atoms with E-state index < -0.39 is 0 Å². The Morgan fingerprint density at radius 2 is 2.24 bits per heavy atom. The van der Waals surface area contributed by atoms with Crippen LogP contribution in [0, 0.1) is 5.92 Å². The standard InChI is InChI=1S/C16H22N4O/c1-12-8-13(9-17)10-20(12)16(21)6-7-19-11-18-14-4-2-3-5-15(14)19/h2-5,11-13H,6-10,17H2,1H3. The maximum absolute atomic E-state index is 12.4. The number of carbonyl (C=O) groups is 1. The number of benzene rings is 1. The molecule has 2 unspecified atom stereocenters. The van der Waals surface area contributed by atoms with Crippen molar-refractivity contribution in [2.45, 2.75) is 32.4 Å². The molecule has 5 heteroatoms. The minimum Gasteiger partial charge on any atom is -0.340 e. The van der Waals surface area contributed by atoms with Crippen LogP contribution in [0.3, 0.4) is 0 Å². The van der Waals surface area contributed by atoms with E-state index in [9.17, 15) is 4.79 Å². The van der Waals surface area contributed by atoms with Gasteiger partial charge in [-0.15, -0.1) is 0 Å². The van der Waals surface area contributed by atoms with Crippen LogP contribution in [-0.2, 0) is 11.3 Å². The number of fused-ring (bicyclic) bond motifs is 1. The number of hydrogen-bond donors (Lipinski definition) is 1. The fourth-order valence-corrected chi connectivity index (χ4v) is 3.21. The molecule has 1 aliphatic rings. The Hall–Kier alpha value is -1.88. The molecule has 1 amide bonds. The van der Waals surface area contributed by atoms with Gasteiger partial charge in [-0.3, -0.25) is 4.79 Å². The lowest BCUT2D eigenvalue weighted by Crippen LogP contribution is -2.34. The van der Waals surface area contributed by atoms with Gasteiger partial charge in [0.1, 0.15) is 0 Å². The molecule has 112 valence electrons. The molecule has 5 nitrogen and oxygen atoms in total. The van der Waals surface area contributed by atoms with Crippen LogP contribution in [0.5, 0.6) is 0 Å². The van der Waals surface area contributed by atoms with Gasteiger partial charge in [-0.1, -0.05) is 12.1 Å². The van der Waals surface area contributed by atoms with E-state index in [0.29, 0.717) is 31.5 Å². The molecule has 1 aliphatic heterocycles. The molecular formula is C16H22N4O. The van der Waals surface area contributed by atoms with Crippen molar-refractivity contribution in [1.29, 1.82) is 0 Å². The highest BCUT2D eigenvalue weighted by molar-refractivity contribution is 5.78. The van der Waals surface area contributed by atoms with Crippen molar-refractivity contribution < 1.29 is 4.79 Å². The fraction of sp³-hybridized carbons (Fsp3) is 0.500. The van der Waals surface area contributed by atoms with Crippen molar-refractivity contribution >= 4 is 16.9 Å². The molecular weight excluding hydrogens is 264 g/mol.